The molecule has 4 aromatic carbocycles. The van der Waals surface area contributed by atoms with Crippen molar-refractivity contribution < 1.29 is 33.5 Å². The van der Waals surface area contributed by atoms with Gasteiger partial charge in [-0.25, -0.2) is 0 Å². The van der Waals surface area contributed by atoms with E-state index in [2.05, 4.69) is 32.7 Å². The first-order chi connectivity index (χ1) is 31.0. The number of aryl methyl sites for hydroxylation is 1. The number of piperidine rings is 1. The number of nitrogens with one attached hydrogen (secondary N) is 5. The van der Waals surface area contributed by atoms with Gasteiger partial charge < -0.3 is 42.0 Å². The molecule has 0 spiro atoms. The maximum atomic E-state index is 14.9. The Morgan fingerprint density at radius 3 is 2.36 bits per heavy atom. The number of carbonyl (C=O) groups excluding carboxylic acids is 6. The molecule has 2 bridgehead atoms. The summed E-state index contributed by atoms with van der Waals surface area (Å²) in [6, 6.07) is 30.9. The van der Waals surface area contributed by atoms with Gasteiger partial charge in [-0.3, -0.25) is 28.8 Å². The fraction of sp³-hybridized carbons (Fsp3) is 0.360. The maximum absolute atomic E-state index is 14.9. The second kappa shape index (κ2) is 23.2. The monoisotopic (exact) mass is 869 g/mol. The van der Waals surface area contributed by atoms with Gasteiger partial charge in [0.2, 0.25) is 35.4 Å². The quantitative estimate of drug-likeness (QED) is 0.124. The van der Waals surface area contributed by atoms with Crippen molar-refractivity contribution in [1.82, 2.24) is 31.5 Å². The predicted molar refractivity (Wildman–Crippen MR) is 244 cm³/mol. The molecule has 0 aromatic heterocycles. The number of carbonyl (C=O) groups is 6. The van der Waals surface area contributed by atoms with Gasteiger partial charge in [-0.2, -0.15) is 0 Å². The Kier molecular flexibility index (Phi) is 17.0. The normalized spacial score (nSPS) is 20.8. The second-order valence-electron chi connectivity index (χ2n) is 16.5. The van der Waals surface area contributed by atoms with E-state index in [0.717, 1.165) is 33.9 Å². The van der Waals surface area contributed by atoms with E-state index in [1.165, 1.54) is 6.08 Å². The number of amides is 6. The van der Waals surface area contributed by atoms with Crippen LogP contribution in [0.15, 0.2) is 115 Å². The van der Waals surface area contributed by atoms with Gasteiger partial charge in [-0.05, 0) is 66.0 Å². The van der Waals surface area contributed by atoms with Gasteiger partial charge in [0.25, 0.3) is 0 Å². The number of rotatable bonds is 11. The van der Waals surface area contributed by atoms with Crippen LogP contribution in [0.3, 0.4) is 0 Å². The summed E-state index contributed by atoms with van der Waals surface area (Å²) in [5, 5.41) is 14.4. The molecular formula is C50H59N7O7. The van der Waals surface area contributed by atoms with Gasteiger partial charge in [0.15, 0.2) is 0 Å². The van der Waals surface area contributed by atoms with Crippen LogP contribution in [-0.2, 0) is 59.3 Å². The van der Waals surface area contributed by atoms with Crippen molar-refractivity contribution in [2.24, 2.45) is 11.1 Å². The van der Waals surface area contributed by atoms with E-state index in [9.17, 15) is 28.8 Å². The van der Waals surface area contributed by atoms with Crippen LogP contribution in [-0.4, -0.2) is 98.4 Å². The Hall–Kier alpha value is -6.64. The SMILES string of the molecule is Cc1cccc(-c2ccc(C[C@@H]3NC(=O)[C@]4(Cc5ccccc5)CCCN(C4)C(=O)/C=C/C(=O)NCC[C@@H](C(=O)NCCOCCN)NC(=O)Cc4ccccc4CNC3=O)cc2)c1. The molecule has 14 nitrogen and oxygen atoms in total. The van der Waals surface area contributed by atoms with E-state index < -0.39 is 47.0 Å². The molecule has 2 aliphatic rings. The Labute approximate surface area is 374 Å². The van der Waals surface area contributed by atoms with E-state index >= 15 is 0 Å². The first-order valence-corrected chi connectivity index (χ1v) is 22.0. The molecule has 2 heterocycles. The third-order valence-electron chi connectivity index (χ3n) is 11.6. The Morgan fingerprint density at radius 2 is 1.59 bits per heavy atom. The van der Waals surface area contributed by atoms with E-state index in [1.54, 1.807) is 17.0 Å². The van der Waals surface area contributed by atoms with Crippen LogP contribution in [0.1, 0.15) is 47.1 Å². The molecule has 0 unspecified atom stereocenters. The number of nitrogens with two attached hydrogens (primary N) is 1. The fourth-order valence-corrected chi connectivity index (χ4v) is 8.23. The summed E-state index contributed by atoms with van der Waals surface area (Å²) in [5.41, 5.74) is 10.7. The Morgan fingerprint density at radius 1 is 0.828 bits per heavy atom. The smallest absolute Gasteiger partial charge is 0.246 e. The van der Waals surface area contributed by atoms with Gasteiger partial charge in [0, 0.05) is 57.8 Å². The fourth-order valence-electron chi connectivity index (χ4n) is 8.23. The van der Waals surface area contributed by atoms with E-state index in [-0.39, 0.29) is 58.0 Å². The van der Waals surface area contributed by atoms with Crippen molar-refractivity contribution >= 4 is 35.4 Å². The molecule has 6 rings (SSSR count). The largest absolute Gasteiger partial charge is 0.378 e. The molecule has 4 aromatic rings. The van der Waals surface area contributed by atoms with Crippen LogP contribution in [0.2, 0.25) is 0 Å². The van der Waals surface area contributed by atoms with E-state index in [1.807, 2.05) is 91.9 Å². The summed E-state index contributed by atoms with van der Waals surface area (Å²) in [4.78, 5) is 84.4. The summed E-state index contributed by atoms with van der Waals surface area (Å²) in [6.45, 7) is 3.65. The second-order valence-corrected chi connectivity index (χ2v) is 16.5. The molecule has 64 heavy (non-hydrogen) atoms. The zero-order chi connectivity index (χ0) is 45.3. The molecule has 1 saturated heterocycles. The molecule has 0 aliphatic carbocycles. The topological polar surface area (TPSA) is 201 Å². The molecule has 1 fully saturated rings. The molecule has 3 atom stereocenters. The number of fused-ring (bicyclic) bond motifs is 3. The Balaban J connectivity index is 1.31. The van der Waals surface area contributed by atoms with Gasteiger partial charge in [0.05, 0.1) is 25.0 Å². The first-order valence-electron chi connectivity index (χ1n) is 22.0. The highest BCUT2D eigenvalue weighted by Crippen LogP contribution is 2.35. The molecule has 2 aliphatic heterocycles. The molecular weight excluding hydrogens is 811 g/mol. The lowest BCUT2D eigenvalue weighted by Gasteiger charge is -2.42. The number of hydrogen-bond donors (Lipinski definition) is 6. The predicted octanol–water partition coefficient (Wildman–Crippen LogP) is 3.05. The van der Waals surface area contributed by atoms with Gasteiger partial charge in [-0.15, -0.1) is 0 Å². The lowest BCUT2D eigenvalue weighted by atomic mass is 9.74. The molecule has 336 valence electrons. The van der Waals surface area contributed by atoms with Gasteiger partial charge in [0.1, 0.15) is 12.1 Å². The van der Waals surface area contributed by atoms with Crippen LogP contribution >= 0.6 is 0 Å². The summed E-state index contributed by atoms with van der Waals surface area (Å²) >= 11 is 0. The Bertz CT molecular complexity index is 2280. The van der Waals surface area contributed by atoms with Crippen molar-refractivity contribution in [2.75, 3.05) is 45.9 Å². The molecule has 14 heteroatoms. The highest BCUT2D eigenvalue weighted by Gasteiger charge is 2.44. The van der Waals surface area contributed by atoms with Crippen LogP contribution < -0.4 is 32.3 Å². The highest BCUT2D eigenvalue weighted by molar-refractivity contribution is 5.97. The third-order valence-corrected chi connectivity index (χ3v) is 11.6. The molecule has 0 saturated carbocycles. The van der Waals surface area contributed by atoms with Crippen molar-refractivity contribution in [3.05, 3.63) is 143 Å². The summed E-state index contributed by atoms with van der Waals surface area (Å²) in [6.07, 6.45) is 3.76. The van der Waals surface area contributed by atoms with Crippen molar-refractivity contribution in [1.29, 1.82) is 0 Å². The highest BCUT2D eigenvalue weighted by atomic mass is 16.5. The summed E-state index contributed by atoms with van der Waals surface area (Å²) in [7, 11) is 0. The number of nitrogens with zero attached hydrogens (tertiary/aromatic N) is 1. The minimum atomic E-state index is -1.10. The van der Waals surface area contributed by atoms with Crippen LogP contribution in [0.25, 0.3) is 11.1 Å². The first kappa shape index (κ1) is 46.9. The van der Waals surface area contributed by atoms with Crippen LogP contribution in [0.4, 0.5) is 0 Å². The van der Waals surface area contributed by atoms with Crippen molar-refractivity contribution in [2.45, 2.75) is 64.1 Å². The maximum Gasteiger partial charge on any atom is 0.246 e. The summed E-state index contributed by atoms with van der Waals surface area (Å²) < 4.78 is 5.37. The molecule has 6 amide bonds. The number of benzene rings is 4. The minimum Gasteiger partial charge on any atom is -0.378 e. The van der Waals surface area contributed by atoms with E-state index in [4.69, 9.17) is 10.5 Å². The average Bonchev–Trinajstić information content (AvgIpc) is 3.30. The lowest BCUT2D eigenvalue weighted by molar-refractivity contribution is -0.141. The van der Waals surface area contributed by atoms with Crippen LogP contribution in [0.5, 0.6) is 0 Å². The molecule has 0 radical (unpaired) electrons. The zero-order valence-electron chi connectivity index (χ0n) is 36.4. The van der Waals surface area contributed by atoms with Crippen molar-refractivity contribution in [3.63, 3.8) is 0 Å². The molecule has 7 N–H and O–H groups in total. The number of hydrogen-bond acceptors (Lipinski definition) is 8. The standard InChI is InChI=1S/C50H59N7O7/c1-35-9-7-14-39(29-35)38-17-15-36(16-18-38)30-43-48(62)54-33-41-13-6-5-12-40(41)31-45(59)55-42(47(61)53-25-28-64-27-23-51)21-24-52-44(58)19-20-46(60)57-26-8-22-50(34-57,49(63)56-43)32-37-10-3-2-4-11-37/h2-7,9-20,29,42-43H,8,21-28,30-34,51H2,1H3,(H,52,58)(H,53,61)(H,54,62)(H,55,59)(H,56,63)/b20-19+/t42-,43-,50-/m0/s1. The zero-order valence-corrected chi connectivity index (χ0v) is 36.4. The van der Waals surface area contributed by atoms with Crippen LogP contribution in [0, 0.1) is 12.3 Å². The number of ether oxygens (including phenoxy) is 1. The average molecular weight is 870 g/mol. The van der Waals surface area contributed by atoms with Gasteiger partial charge >= 0.3 is 0 Å². The third kappa shape index (κ3) is 13.4. The van der Waals surface area contributed by atoms with E-state index in [0.29, 0.717) is 50.1 Å². The summed E-state index contributed by atoms with van der Waals surface area (Å²) in [5.74, 6) is -2.67. The van der Waals surface area contributed by atoms with Crippen molar-refractivity contribution in [3.8, 4) is 11.1 Å². The lowest BCUT2D eigenvalue weighted by Crippen LogP contribution is -2.58. The van der Waals surface area contributed by atoms with Gasteiger partial charge in [-0.1, -0.05) is 109 Å². The minimum absolute atomic E-state index is 0.0180.